The zero-order valence-corrected chi connectivity index (χ0v) is 12.8. The first kappa shape index (κ1) is 13.9. The quantitative estimate of drug-likeness (QED) is 0.776. The van der Waals surface area contributed by atoms with Crippen molar-refractivity contribution in [3.05, 3.63) is 52.8 Å². The van der Waals surface area contributed by atoms with Gasteiger partial charge in [0, 0.05) is 23.0 Å². The van der Waals surface area contributed by atoms with Crippen molar-refractivity contribution in [3.63, 3.8) is 0 Å². The highest BCUT2D eigenvalue weighted by Gasteiger charge is 2.28. The molecule has 0 spiro atoms. The number of ketones is 1. The number of para-hydroxylation sites is 1. The lowest BCUT2D eigenvalue weighted by molar-refractivity contribution is 0.0920. The van der Waals surface area contributed by atoms with Gasteiger partial charge in [-0.15, -0.1) is 0 Å². The third-order valence-corrected chi connectivity index (χ3v) is 4.15. The summed E-state index contributed by atoms with van der Waals surface area (Å²) in [5.74, 6) is 0.833. The van der Waals surface area contributed by atoms with E-state index >= 15 is 0 Å². The molecule has 0 bridgehead atoms. The Labute approximate surface area is 125 Å². The van der Waals surface area contributed by atoms with Crippen LogP contribution in [0.4, 0.5) is 0 Å². The lowest BCUT2D eigenvalue weighted by Crippen LogP contribution is -2.13. The largest absolute Gasteiger partial charge is 0.485 e. The normalized spacial score (nSPS) is 14.2. The lowest BCUT2D eigenvalue weighted by Gasteiger charge is -2.09. The molecular formula is C18H21NO2. The minimum Gasteiger partial charge on any atom is -0.485 e. The van der Waals surface area contributed by atoms with E-state index in [2.05, 4.69) is 11.5 Å². The molecule has 0 saturated heterocycles. The Hall–Kier alpha value is -2.03. The van der Waals surface area contributed by atoms with Crippen LogP contribution in [-0.2, 0) is 0 Å². The molecule has 1 aliphatic carbocycles. The van der Waals surface area contributed by atoms with Crippen molar-refractivity contribution in [2.45, 2.75) is 39.7 Å². The van der Waals surface area contributed by atoms with Crippen LogP contribution >= 0.6 is 0 Å². The van der Waals surface area contributed by atoms with Crippen LogP contribution in [0.25, 0.3) is 0 Å². The molecule has 3 nitrogen and oxygen atoms in total. The summed E-state index contributed by atoms with van der Waals surface area (Å²) in [5, 5.41) is 0. The number of carbonyl (C=O) groups is 1. The fourth-order valence-corrected chi connectivity index (χ4v) is 2.89. The number of Topliss-reactive ketones (excluding diaryl/α,β-unsaturated/α-hetero) is 1. The molecule has 0 amide bonds. The van der Waals surface area contributed by atoms with Crippen LogP contribution in [0.3, 0.4) is 0 Å². The molecule has 1 heterocycles. The first-order chi connectivity index (χ1) is 10.1. The van der Waals surface area contributed by atoms with E-state index in [9.17, 15) is 4.79 Å². The Balaban J connectivity index is 1.74. The molecule has 21 heavy (non-hydrogen) atoms. The lowest BCUT2D eigenvalue weighted by atomic mass is 10.1. The molecule has 1 aliphatic rings. The first-order valence-corrected chi connectivity index (χ1v) is 7.48. The Morgan fingerprint density at radius 3 is 2.62 bits per heavy atom. The van der Waals surface area contributed by atoms with Crippen molar-refractivity contribution < 1.29 is 9.53 Å². The molecule has 1 aromatic carbocycles. The molecule has 1 saturated carbocycles. The fraction of sp³-hybridized carbons (Fsp3) is 0.389. The number of hydrogen-bond donors (Lipinski definition) is 0. The second-order valence-electron chi connectivity index (χ2n) is 5.86. The molecule has 0 aliphatic heterocycles. The number of hydrogen-bond acceptors (Lipinski definition) is 2. The van der Waals surface area contributed by atoms with E-state index in [4.69, 9.17) is 4.74 Å². The highest BCUT2D eigenvalue weighted by molar-refractivity contribution is 5.98. The van der Waals surface area contributed by atoms with Crippen molar-refractivity contribution in [3.8, 4) is 5.75 Å². The zero-order chi connectivity index (χ0) is 15.0. The minimum atomic E-state index is 0.0539. The van der Waals surface area contributed by atoms with Gasteiger partial charge >= 0.3 is 0 Å². The number of benzene rings is 1. The van der Waals surface area contributed by atoms with Gasteiger partial charge in [-0.05, 0) is 51.3 Å². The Morgan fingerprint density at radius 2 is 1.95 bits per heavy atom. The summed E-state index contributed by atoms with van der Waals surface area (Å²) in [5.41, 5.74) is 4.10. The van der Waals surface area contributed by atoms with E-state index < -0.39 is 0 Å². The maximum Gasteiger partial charge on any atom is 0.202 e. The van der Waals surface area contributed by atoms with Crippen LogP contribution in [0.15, 0.2) is 30.3 Å². The highest BCUT2D eigenvalue weighted by atomic mass is 16.5. The fourth-order valence-electron chi connectivity index (χ4n) is 2.89. The average molecular weight is 283 g/mol. The van der Waals surface area contributed by atoms with Crippen molar-refractivity contribution in [2.24, 2.45) is 0 Å². The van der Waals surface area contributed by atoms with Crippen LogP contribution in [-0.4, -0.2) is 17.0 Å². The zero-order valence-electron chi connectivity index (χ0n) is 12.8. The topological polar surface area (TPSA) is 31.2 Å². The molecule has 0 atom stereocenters. The Morgan fingerprint density at radius 1 is 1.24 bits per heavy atom. The number of carbonyl (C=O) groups excluding carboxylic acids is 1. The third kappa shape index (κ3) is 2.73. The summed E-state index contributed by atoms with van der Waals surface area (Å²) >= 11 is 0. The summed E-state index contributed by atoms with van der Waals surface area (Å²) in [4.78, 5) is 12.4. The van der Waals surface area contributed by atoms with Gasteiger partial charge < -0.3 is 9.30 Å². The maximum absolute atomic E-state index is 12.4. The maximum atomic E-state index is 12.4. The standard InChI is InChI=1S/C18H21NO2/c1-12-6-4-5-7-18(12)21-11-17(20)16-10-13(2)19(14(16)3)15-8-9-15/h4-7,10,15H,8-9,11H2,1-3H3. The molecule has 0 radical (unpaired) electrons. The van der Waals surface area contributed by atoms with Crippen LogP contribution in [0.1, 0.15) is 46.2 Å². The molecule has 3 heteroatoms. The summed E-state index contributed by atoms with van der Waals surface area (Å²) in [6.07, 6.45) is 2.45. The smallest absolute Gasteiger partial charge is 0.202 e. The van der Waals surface area contributed by atoms with Gasteiger partial charge in [0.15, 0.2) is 6.61 Å². The SMILES string of the molecule is Cc1ccccc1OCC(=O)c1cc(C)n(C2CC2)c1C. The van der Waals surface area contributed by atoms with Crippen LogP contribution in [0.2, 0.25) is 0 Å². The number of ether oxygens (including phenoxy) is 1. The molecular weight excluding hydrogens is 262 g/mol. The number of rotatable bonds is 5. The molecule has 1 aromatic heterocycles. The van der Waals surface area contributed by atoms with Crippen molar-refractivity contribution in [1.29, 1.82) is 0 Å². The monoisotopic (exact) mass is 283 g/mol. The summed E-state index contributed by atoms with van der Waals surface area (Å²) in [6, 6.07) is 10.4. The van der Waals surface area contributed by atoms with Crippen LogP contribution < -0.4 is 4.74 Å². The second-order valence-corrected chi connectivity index (χ2v) is 5.86. The van der Waals surface area contributed by atoms with Gasteiger partial charge in [0.05, 0.1) is 0 Å². The van der Waals surface area contributed by atoms with Crippen molar-refractivity contribution in [2.75, 3.05) is 6.61 Å². The average Bonchev–Trinajstić information content (AvgIpc) is 3.24. The van der Waals surface area contributed by atoms with Gasteiger partial charge in [0.25, 0.3) is 0 Å². The van der Waals surface area contributed by atoms with Gasteiger partial charge in [-0.3, -0.25) is 4.79 Å². The number of aryl methyl sites for hydroxylation is 2. The molecule has 1 fully saturated rings. The Bertz CT molecular complexity index is 681. The Kier molecular flexibility index (Phi) is 3.58. The minimum absolute atomic E-state index is 0.0539. The molecule has 2 aromatic rings. The third-order valence-electron chi connectivity index (χ3n) is 4.15. The summed E-state index contributed by atoms with van der Waals surface area (Å²) in [7, 11) is 0. The highest BCUT2D eigenvalue weighted by Crippen LogP contribution is 2.38. The second kappa shape index (κ2) is 5.40. The van der Waals surface area contributed by atoms with E-state index in [1.807, 2.05) is 44.2 Å². The van der Waals surface area contributed by atoms with Crippen LogP contribution in [0.5, 0.6) is 5.75 Å². The molecule has 3 rings (SSSR count). The van der Waals surface area contributed by atoms with Crippen LogP contribution in [0, 0.1) is 20.8 Å². The van der Waals surface area contributed by atoms with E-state index in [1.165, 1.54) is 18.5 Å². The van der Waals surface area contributed by atoms with Gasteiger partial charge in [-0.1, -0.05) is 18.2 Å². The number of nitrogens with zero attached hydrogens (tertiary/aromatic N) is 1. The predicted molar refractivity (Wildman–Crippen MR) is 83.2 cm³/mol. The van der Waals surface area contributed by atoms with E-state index in [1.54, 1.807) is 0 Å². The molecule has 0 unspecified atom stereocenters. The predicted octanol–water partition coefficient (Wildman–Crippen LogP) is 4.01. The summed E-state index contributed by atoms with van der Waals surface area (Å²) in [6.45, 7) is 6.19. The van der Waals surface area contributed by atoms with Gasteiger partial charge in [0.1, 0.15) is 5.75 Å². The van der Waals surface area contributed by atoms with Crippen molar-refractivity contribution >= 4 is 5.78 Å². The van der Waals surface area contributed by atoms with Crippen molar-refractivity contribution in [1.82, 2.24) is 4.57 Å². The van der Waals surface area contributed by atoms with E-state index in [0.717, 1.165) is 22.6 Å². The molecule has 110 valence electrons. The van der Waals surface area contributed by atoms with E-state index in [0.29, 0.717) is 6.04 Å². The van der Waals surface area contributed by atoms with Gasteiger partial charge in [-0.2, -0.15) is 0 Å². The first-order valence-electron chi connectivity index (χ1n) is 7.48. The van der Waals surface area contributed by atoms with Gasteiger partial charge in [0.2, 0.25) is 5.78 Å². The molecule has 0 N–H and O–H groups in total. The van der Waals surface area contributed by atoms with E-state index in [-0.39, 0.29) is 12.4 Å². The summed E-state index contributed by atoms with van der Waals surface area (Å²) < 4.78 is 7.97. The van der Waals surface area contributed by atoms with Gasteiger partial charge in [-0.25, -0.2) is 0 Å². The number of aromatic nitrogens is 1.